The van der Waals surface area contributed by atoms with Crippen LogP contribution in [0.15, 0.2) is 0 Å². The van der Waals surface area contributed by atoms with Crippen LogP contribution in [0.2, 0.25) is 0 Å². The van der Waals surface area contributed by atoms with Crippen molar-refractivity contribution in [3.63, 3.8) is 0 Å². The van der Waals surface area contributed by atoms with Gasteiger partial charge in [0.1, 0.15) is 0 Å². The van der Waals surface area contributed by atoms with Crippen molar-refractivity contribution < 1.29 is 60.7 Å². The van der Waals surface area contributed by atoms with Crippen molar-refractivity contribution in [3.8, 4) is 0 Å². The molecule has 0 aromatic rings. The molecule has 0 spiro atoms. The number of unbranched alkanes of at least 4 members (excludes halogenated alkanes) is 1. The molecule has 24 heavy (non-hydrogen) atoms. The molecule has 1 aliphatic rings. The summed E-state index contributed by atoms with van der Waals surface area (Å²) in [5, 5.41) is 31.9. The van der Waals surface area contributed by atoms with Crippen LogP contribution in [0.25, 0.3) is 12.3 Å². The van der Waals surface area contributed by atoms with E-state index in [1.807, 2.05) is 0 Å². The minimum Gasteiger partial charge on any atom is -0.693 e. The van der Waals surface area contributed by atoms with Gasteiger partial charge in [-0.05, 0) is 45.3 Å². The van der Waals surface area contributed by atoms with Crippen molar-refractivity contribution in [2.24, 2.45) is 5.92 Å². The van der Waals surface area contributed by atoms with Crippen LogP contribution in [-0.2, 0) is 40.0 Å². The molecule has 148 valence electrons. The Morgan fingerprint density at radius 2 is 1.46 bits per heavy atom. The molecule has 0 saturated carbocycles. The standard InChI is InChI=1S/C11H19NO4.2H2N.H3O4P.Pt/c13-10(14)9(11(15)16)5-1-2-6-12-7-3-4-8-12;;;1-3-5-4-2;/h9H,1-8H2,(H,13,14)(H,15,16);2*1H2;1-2,5H;/q;2*-1;;+2. The second-order valence-corrected chi connectivity index (χ2v) is 5.07. The first-order valence-corrected chi connectivity index (χ1v) is 7.38. The van der Waals surface area contributed by atoms with Gasteiger partial charge in [-0.2, -0.15) is 9.35 Å². The second kappa shape index (κ2) is 20.8. The number of nitrogens with zero attached hydrogens (tertiary/aromatic N) is 1. The van der Waals surface area contributed by atoms with Gasteiger partial charge in [-0.1, -0.05) is 6.42 Å². The third kappa shape index (κ3) is 16.6. The van der Waals surface area contributed by atoms with Crippen LogP contribution in [0.1, 0.15) is 32.1 Å². The molecular formula is C11H26N3O8PPt. The van der Waals surface area contributed by atoms with Crippen LogP contribution in [0, 0.1) is 5.92 Å². The van der Waals surface area contributed by atoms with Crippen LogP contribution >= 0.6 is 9.03 Å². The first-order chi connectivity index (χ1) is 10.0. The maximum absolute atomic E-state index is 10.6. The molecule has 0 amide bonds. The summed E-state index contributed by atoms with van der Waals surface area (Å²) in [4.78, 5) is 23.5. The monoisotopic (exact) mass is 554 g/mol. The number of hydrogen-bond donors (Lipinski definition) is 4. The summed E-state index contributed by atoms with van der Waals surface area (Å²) in [6, 6.07) is 0. The van der Waals surface area contributed by atoms with Crippen molar-refractivity contribution in [1.29, 1.82) is 0 Å². The van der Waals surface area contributed by atoms with Gasteiger partial charge in [-0.25, -0.2) is 10.5 Å². The number of carboxylic acids is 2. The third-order valence-electron chi connectivity index (χ3n) is 3.09. The molecule has 0 unspecified atom stereocenters. The van der Waals surface area contributed by atoms with Crippen molar-refractivity contribution in [3.05, 3.63) is 12.3 Å². The zero-order valence-electron chi connectivity index (χ0n) is 13.1. The van der Waals surface area contributed by atoms with Crippen molar-refractivity contribution >= 4 is 21.0 Å². The largest absolute Gasteiger partial charge is 2.00 e. The number of nitrogens with two attached hydrogens (primary N) is 2. The Morgan fingerprint density at radius 1 is 1.00 bits per heavy atom. The summed E-state index contributed by atoms with van der Waals surface area (Å²) < 4.78 is 6.49. The number of hydrogen-bond acceptors (Lipinski definition) is 7. The van der Waals surface area contributed by atoms with E-state index in [2.05, 4.69) is 14.2 Å². The Kier molecular flexibility index (Phi) is 27.4. The fourth-order valence-corrected chi connectivity index (χ4v) is 2.09. The van der Waals surface area contributed by atoms with Gasteiger partial charge in [0.2, 0.25) is 9.03 Å². The minimum atomic E-state index is -1.24. The van der Waals surface area contributed by atoms with Crippen molar-refractivity contribution in [1.82, 2.24) is 4.90 Å². The average molecular weight is 554 g/mol. The van der Waals surface area contributed by atoms with Crippen molar-refractivity contribution in [2.45, 2.75) is 32.1 Å². The predicted molar refractivity (Wildman–Crippen MR) is 84.6 cm³/mol. The van der Waals surface area contributed by atoms with Gasteiger partial charge in [-0.15, -0.1) is 0 Å². The number of carboxylic acid groups (broad SMARTS) is 2. The molecule has 1 aliphatic heterocycles. The van der Waals surface area contributed by atoms with Crippen LogP contribution in [0.4, 0.5) is 0 Å². The number of aliphatic carboxylic acids is 2. The Bertz CT molecular complexity index is 295. The maximum Gasteiger partial charge on any atom is 2.00 e. The Hall–Kier alpha value is -0.222. The van der Waals surface area contributed by atoms with E-state index < -0.39 is 26.9 Å². The zero-order chi connectivity index (χ0) is 16.1. The Balaban J connectivity index is -0.000000221. The van der Waals surface area contributed by atoms with Crippen LogP contribution in [0.5, 0.6) is 0 Å². The molecule has 8 N–H and O–H groups in total. The quantitative estimate of drug-likeness (QED) is 0.109. The normalized spacial score (nSPS) is 13.0. The van der Waals surface area contributed by atoms with E-state index >= 15 is 0 Å². The summed E-state index contributed by atoms with van der Waals surface area (Å²) in [5.41, 5.74) is 0. The van der Waals surface area contributed by atoms with E-state index in [1.165, 1.54) is 12.8 Å². The molecule has 0 aromatic heterocycles. The number of carbonyl (C=O) groups is 2. The van der Waals surface area contributed by atoms with Gasteiger partial charge < -0.3 is 27.4 Å². The van der Waals surface area contributed by atoms with Gasteiger partial charge in [0.15, 0.2) is 5.92 Å². The maximum atomic E-state index is 10.6. The molecule has 1 heterocycles. The molecular weight excluding hydrogens is 528 g/mol. The fraction of sp³-hybridized carbons (Fsp3) is 0.818. The second-order valence-electron chi connectivity index (χ2n) is 4.54. The summed E-state index contributed by atoms with van der Waals surface area (Å²) in [7, 11) is -0.691. The molecule has 0 aromatic carbocycles. The first-order valence-electron chi connectivity index (χ1n) is 6.56. The smallest absolute Gasteiger partial charge is 0.693 e. The van der Waals surface area contributed by atoms with Gasteiger partial charge in [0, 0.05) is 0 Å². The molecule has 1 fully saturated rings. The van der Waals surface area contributed by atoms with Crippen molar-refractivity contribution in [2.75, 3.05) is 19.6 Å². The van der Waals surface area contributed by atoms with E-state index in [9.17, 15) is 9.59 Å². The number of rotatable bonds is 9. The molecule has 11 nitrogen and oxygen atoms in total. The van der Waals surface area contributed by atoms with E-state index in [1.54, 1.807) is 0 Å². The SMILES string of the molecule is O=C(O)C(CCCCN1CCCC1)C(=O)O.OOPOO.[NH2-].[NH2-].[Pt+2]. The Morgan fingerprint density at radius 3 is 1.79 bits per heavy atom. The molecule has 13 heteroatoms. The summed E-state index contributed by atoms with van der Waals surface area (Å²) in [6.07, 6.45) is 4.27. The molecule has 1 rings (SSSR count). The van der Waals surface area contributed by atoms with Gasteiger partial charge in [-0.3, -0.25) is 9.59 Å². The fourth-order valence-electron chi connectivity index (χ4n) is 2.06. The average Bonchev–Trinajstić information content (AvgIpc) is 2.92. The summed E-state index contributed by atoms with van der Waals surface area (Å²) in [6.45, 7) is 3.22. The van der Waals surface area contributed by atoms with Crippen LogP contribution in [0.3, 0.4) is 0 Å². The van der Waals surface area contributed by atoms with Gasteiger partial charge >= 0.3 is 33.0 Å². The summed E-state index contributed by atoms with van der Waals surface area (Å²) >= 11 is 0. The molecule has 0 bridgehead atoms. The van der Waals surface area contributed by atoms with E-state index in [0.717, 1.165) is 26.1 Å². The first kappa shape index (κ1) is 31.5. The van der Waals surface area contributed by atoms with E-state index in [4.69, 9.17) is 20.7 Å². The van der Waals surface area contributed by atoms with E-state index in [0.29, 0.717) is 6.42 Å². The molecule has 0 radical (unpaired) electrons. The molecule has 0 atom stereocenters. The van der Waals surface area contributed by atoms with Gasteiger partial charge in [0.05, 0.1) is 0 Å². The Labute approximate surface area is 156 Å². The van der Waals surface area contributed by atoms with Crippen LogP contribution in [-0.4, -0.2) is 57.2 Å². The summed E-state index contributed by atoms with van der Waals surface area (Å²) in [5.74, 6) is -3.69. The predicted octanol–water partition coefficient (Wildman–Crippen LogP) is 2.94. The number of likely N-dealkylation sites (tertiary alicyclic amines) is 1. The van der Waals surface area contributed by atoms with Gasteiger partial charge in [0.25, 0.3) is 0 Å². The molecule has 0 aliphatic carbocycles. The zero-order valence-corrected chi connectivity index (χ0v) is 16.3. The minimum absolute atomic E-state index is 0. The third-order valence-corrected chi connectivity index (χ3v) is 3.24. The van der Waals surface area contributed by atoms with E-state index in [-0.39, 0.29) is 39.8 Å². The van der Waals surface area contributed by atoms with Crippen LogP contribution < -0.4 is 0 Å². The molecule has 1 saturated heterocycles. The topological polar surface area (TPSA) is 204 Å².